The standard InChI is InChI=1S/C43H28N4/c1-27-45-36-21-10-22-38-43(36)46(27)37-24-23-29(26-39(37)47(38)30-14-3-2-4-15-30)40-31-16-5-7-18-33(31)41(34-19-8-6-17-32(34)40)35-20-9-12-28-13-11-25-44-42(28)35/h2-26H,1H3. The molecule has 0 radical (unpaired) electrons. The van der Waals surface area contributed by atoms with Crippen LogP contribution in [0, 0.1) is 6.92 Å². The van der Waals surface area contributed by atoms with E-state index < -0.39 is 0 Å². The highest BCUT2D eigenvalue weighted by Gasteiger charge is 2.29. The number of rotatable bonds is 3. The number of benzene rings is 7. The van der Waals surface area contributed by atoms with E-state index in [0.29, 0.717) is 0 Å². The molecule has 0 fully saturated rings. The number of para-hydroxylation sites is 3. The van der Waals surface area contributed by atoms with Crippen LogP contribution in [0.3, 0.4) is 0 Å². The zero-order valence-electron chi connectivity index (χ0n) is 25.7. The highest BCUT2D eigenvalue weighted by Crippen LogP contribution is 2.50. The monoisotopic (exact) mass is 600 g/mol. The lowest BCUT2D eigenvalue weighted by Gasteiger charge is -2.33. The Labute approximate surface area is 271 Å². The third-order valence-corrected chi connectivity index (χ3v) is 9.66. The molecule has 2 aromatic heterocycles. The summed E-state index contributed by atoms with van der Waals surface area (Å²) in [6, 6.07) is 52.4. The molecule has 9 aromatic rings. The summed E-state index contributed by atoms with van der Waals surface area (Å²) >= 11 is 0. The molecule has 0 atom stereocenters. The van der Waals surface area contributed by atoms with Gasteiger partial charge in [0.15, 0.2) is 0 Å². The molecule has 0 bridgehead atoms. The Morgan fingerprint density at radius 1 is 0.532 bits per heavy atom. The molecule has 10 rings (SSSR count). The van der Waals surface area contributed by atoms with Gasteiger partial charge in [-0.2, -0.15) is 0 Å². The number of imidazole rings is 1. The number of nitrogens with zero attached hydrogens (tertiary/aromatic N) is 4. The second-order valence-electron chi connectivity index (χ2n) is 12.2. The van der Waals surface area contributed by atoms with Gasteiger partial charge in [0, 0.05) is 22.8 Å². The van der Waals surface area contributed by atoms with Crippen LogP contribution >= 0.6 is 0 Å². The predicted octanol–water partition coefficient (Wildman–Crippen LogP) is 11.3. The van der Waals surface area contributed by atoms with Crippen LogP contribution in [0.2, 0.25) is 0 Å². The third kappa shape index (κ3) is 3.70. The van der Waals surface area contributed by atoms with E-state index >= 15 is 0 Å². The van der Waals surface area contributed by atoms with Gasteiger partial charge in [0.2, 0.25) is 0 Å². The lowest BCUT2D eigenvalue weighted by Crippen LogP contribution is -2.18. The van der Waals surface area contributed by atoms with Crippen LogP contribution in [0.5, 0.6) is 0 Å². The number of fused-ring (bicyclic) bond motifs is 5. The number of aryl methyl sites for hydroxylation is 1. The predicted molar refractivity (Wildman–Crippen MR) is 195 cm³/mol. The van der Waals surface area contributed by atoms with Crippen molar-refractivity contribution in [3.05, 3.63) is 158 Å². The van der Waals surface area contributed by atoms with Gasteiger partial charge in [0.25, 0.3) is 0 Å². The molecule has 4 heteroatoms. The van der Waals surface area contributed by atoms with Crippen LogP contribution in [-0.2, 0) is 0 Å². The smallest absolute Gasteiger partial charge is 0.111 e. The van der Waals surface area contributed by atoms with Gasteiger partial charge in [-0.25, -0.2) is 4.98 Å². The number of hydrogen-bond acceptors (Lipinski definition) is 3. The van der Waals surface area contributed by atoms with E-state index in [1.165, 1.54) is 38.2 Å². The summed E-state index contributed by atoms with van der Waals surface area (Å²) in [4.78, 5) is 12.2. The molecular weight excluding hydrogens is 573 g/mol. The Hall–Kier alpha value is -6.26. The van der Waals surface area contributed by atoms with Crippen LogP contribution in [0.4, 0.5) is 17.1 Å². The summed E-state index contributed by atoms with van der Waals surface area (Å²) in [7, 11) is 0. The molecule has 1 aliphatic rings. The van der Waals surface area contributed by atoms with Crippen LogP contribution in [0.25, 0.3) is 71.4 Å². The maximum Gasteiger partial charge on any atom is 0.111 e. The molecule has 0 saturated heterocycles. The molecule has 7 aromatic carbocycles. The molecule has 4 nitrogen and oxygen atoms in total. The van der Waals surface area contributed by atoms with E-state index in [1.807, 2.05) is 12.3 Å². The van der Waals surface area contributed by atoms with Crippen LogP contribution in [0.15, 0.2) is 152 Å². The molecule has 47 heavy (non-hydrogen) atoms. The molecule has 0 amide bonds. The highest BCUT2D eigenvalue weighted by molar-refractivity contribution is 6.23. The quantitative estimate of drug-likeness (QED) is 0.189. The van der Waals surface area contributed by atoms with E-state index in [1.54, 1.807) is 0 Å². The van der Waals surface area contributed by atoms with Crippen molar-refractivity contribution in [2.75, 3.05) is 4.90 Å². The fraction of sp³-hybridized carbons (Fsp3) is 0.0233. The van der Waals surface area contributed by atoms with Crippen LogP contribution < -0.4 is 4.90 Å². The van der Waals surface area contributed by atoms with E-state index in [0.717, 1.165) is 56.1 Å². The van der Waals surface area contributed by atoms with E-state index in [9.17, 15) is 0 Å². The van der Waals surface area contributed by atoms with Crippen molar-refractivity contribution < 1.29 is 0 Å². The van der Waals surface area contributed by atoms with Crippen molar-refractivity contribution in [1.82, 2.24) is 14.5 Å². The fourth-order valence-corrected chi connectivity index (χ4v) is 7.77. The first kappa shape index (κ1) is 26.0. The minimum absolute atomic E-state index is 0.984. The summed E-state index contributed by atoms with van der Waals surface area (Å²) < 4.78 is 2.32. The van der Waals surface area contributed by atoms with Gasteiger partial charge in [-0.15, -0.1) is 0 Å². The van der Waals surface area contributed by atoms with Crippen LogP contribution in [-0.4, -0.2) is 14.5 Å². The lowest BCUT2D eigenvalue weighted by molar-refractivity contribution is 0.982. The summed E-state index contributed by atoms with van der Waals surface area (Å²) in [5.74, 6) is 0.984. The van der Waals surface area contributed by atoms with Gasteiger partial charge in [-0.05, 0) is 87.6 Å². The fourth-order valence-electron chi connectivity index (χ4n) is 7.77. The Morgan fingerprint density at radius 2 is 1.21 bits per heavy atom. The summed E-state index contributed by atoms with van der Waals surface area (Å²) in [6.07, 6.45) is 1.89. The SMILES string of the molecule is Cc1nc2cccc3c2n1-c1ccc(-c2c4ccccc4c(-c4cccc5cccnc45)c4ccccc24)cc1N3c1ccccc1. The molecule has 0 aliphatic carbocycles. The zero-order valence-corrected chi connectivity index (χ0v) is 25.7. The van der Waals surface area contributed by atoms with Gasteiger partial charge in [0.05, 0.1) is 33.6 Å². The number of pyridine rings is 1. The average Bonchev–Trinajstić information content (AvgIpc) is 3.47. The maximum atomic E-state index is 4.97. The van der Waals surface area contributed by atoms with E-state index in [2.05, 4.69) is 156 Å². The Bertz CT molecular complexity index is 2640. The number of anilines is 3. The normalized spacial score (nSPS) is 12.3. The molecule has 0 N–H and O–H groups in total. The van der Waals surface area contributed by atoms with E-state index in [4.69, 9.17) is 9.97 Å². The van der Waals surface area contributed by atoms with E-state index in [-0.39, 0.29) is 0 Å². The minimum Gasteiger partial charge on any atom is -0.306 e. The van der Waals surface area contributed by atoms with Crippen LogP contribution in [0.1, 0.15) is 5.82 Å². The zero-order chi connectivity index (χ0) is 31.1. The average molecular weight is 601 g/mol. The van der Waals surface area contributed by atoms with Crippen molar-refractivity contribution in [1.29, 1.82) is 0 Å². The highest BCUT2D eigenvalue weighted by atomic mass is 15.2. The molecule has 3 heterocycles. The van der Waals surface area contributed by atoms with Crippen molar-refractivity contribution in [3.8, 4) is 27.9 Å². The van der Waals surface area contributed by atoms with Gasteiger partial charge in [-0.1, -0.05) is 103 Å². The van der Waals surface area contributed by atoms with Crippen molar-refractivity contribution in [3.63, 3.8) is 0 Å². The second kappa shape index (κ2) is 9.87. The Kier molecular flexibility index (Phi) is 5.46. The largest absolute Gasteiger partial charge is 0.306 e. The van der Waals surface area contributed by atoms with Crippen molar-refractivity contribution in [2.24, 2.45) is 0 Å². The summed E-state index contributed by atoms with van der Waals surface area (Å²) in [5, 5.41) is 6.02. The topological polar surface area (TPSA) is 34.0 Å². The van der Waals surface area contributed by atoms with Crippen molar-refractivity contribution in [2.45, 2.75) is 6.92 Å². The maximum absolute atomic E-state index is 4.97. The number of hydrogen-bond donors (Lipinski definition) is 0. The molecule has 0 unspecified atom stereocenters. The molecular formula is C43H28N4. The summed E-state index contributed by atoms with van der Waals surface area (Å²) in [6.45, 7) is 2.10. The van der Waals surface area contributed by atoms with Gasteiger partial charge in [0.1, 0.15) is 5.82 Å². The Morgan fingerprint density at radius 3 is 1.98 bits per heavy atom. The van der Waals surface area contributed by atoms with Gasteiger partial charge < -0.3 is 4.90 Å². The number of aromatic nitrogens is 3. The van der Waals surface area contributed by atoms with Gasteiger partial charge >= 0.3 is 0 Å². The minimum atomic E-state index is 0.984. The first-order valence-electron chi connectivity index (χ1n) is 16.0. The Balaban J connectivity index is 1.30. The first-order valence-corrected chi connectivity index (χ1v) is 16.0. The van der Waals surface area contributed by atoms with Crippen molar-refractivity contribution >= 4 is 60.5 Å². The molecule has 1 aliphatic heterocycles. The molecule has 0 spiro atoms. The summed E-state index contributed by atoms with van der Waals surface area (Å²) in [5.41, 5.74) is 12.5. The second-order valence-corrected chi connectivity index (χ2v) is 12.2. The third-order valence-electron chi connectivity index (χ3n) is 9.66. The van der Waals surface area contributed by atoms with Gasteiger partial charge in [-0.3, -0.25) is 9.55 Å². The lowest BCUT2D eigenvalue weighted by atomic mass is 9.85. The molecule has 0 saturated carbocycles. The molecule has 220 valence electrons. The first-order chi connectivity index (χ1) is 23.3.